The number of rotatable bonds is 8. The Kier molecular flexibility index (Phi) is 6.34. The number of tetrazole rings is 1. The van der Waals surface area contributed by atoms with Crippen LogP contribution in [-0.4, -0.2) is 30.2 Å². The maximum Gasteiger partial charge on any atom is 0.224 e. The molecule has 1 N–H and O–H groups in total. The van der Waals surface area contributed by atoms with Crippen molar-refractivity contribution in [2.24, 2.45) is 0 Å². The standard InChI is InChI=1S/C27H27N7O/c1-3-4-12-26-28-19(2)17-33(26)18-20-13-14-22(24(16-20)25-11-7-8-15-34(25)35)21-9-5-6-10-23(21)27-29-31-32-30-27/h5-11,13-17H,3-4,12,18H2,1-2H3,(H,29,30,31,32). The third-order valence-corrected chi connectivity index (χ3v) is 6.09. The number of unbranched alkanes of at least 4 members (excludes halogenated alkanes) is 1. The van der Waals surface area contributed by atoms with Gasteiger partial charge in [-0.2, -0.15) is 4.73 Å². The highest BCUT2D eigenvalue weighted by molar-refractivity contribution is 5.89. The van der Waals surface area contributed by atoms with E-state index in [0.29, 0.717) is 18.1 Å². The van der Waals surface area contributed by atoms with Gasteiger partial charge < -0.3 is 9.77 Å². The van der Waals surface area contributed by atoms with Crippen LogP contribution in [0.5, 0.6) is 0 Å². The van der Waals surface area contributed by atoms with Gasteiger partial charge in [0.1, 0.15) is 5.82 Å². The van der Waals surface area contributed by atoms with E-state index in [-0.39, 0.29) is 0 Å². The summed E-state index contributed by atoms with van der Waals surface area (Å²) in [5.41, 5.74) is 6.30. The molecule has 3 aromatic heterocycles. The Morgan fingerprint density at radius 2 is 1.77 bits per heavy atom. The van der Waals surface area contributed by atoms with Crippen molar-refractivity contribution in [1.82, 2.24) is 30.2 Å². The van der Waals surface area contributed by atoms with Gasteiger partial charge in [0.2, 0.25) is 5.69 Å². The molecule has 8 heteroatoms. The van der Waals surface area contributed by atoms with Crippen molar-refractivity contribution in [3.8, 4) is 33.8 Å². The van der Waals surface area contributed by atoms with Crippen LogP contribution in [0.1, 0.15) is 36.8 Å². The molecule has 0 unspecified atom stereocenters. The molecule has 0 bridgehead atoms. The normalized spacial score (nSPS) is 11.1. The van der Waals surface area contributed by atoms with Gasteiger partial charge in [0.25, 0.3) is 0 Å². The second-order valence-electron chi connectivity index (χ2n) is 8.62. The second-order valence-corrected chi connectivity index (χ2v) is 8.62. The number of pyridine rings is 1. The fourth-order valence-electron chi connectivity index (χ4n) is 4.44. The molecule has 0 aliphatic carbocycles. The zero-order valence-corrected chi connectivity index (χ0v) is 19.8. The first-order valence-electron chi connectivity index (χ1n) is 11.8. The number of aryl methyl sites for hydroxylation is 2. The Labute approximate surface area is 203 Å². The summed E-state index contributed by atoms with van der Waals surface area (Å²) in [6.45, 7) is 4.91. The first-order chi connectivity index (χ1) is 17.1. The summed E-state index contributed by atoms with van der Waals surface area (Å²) in [4.78, 5) is 4.73. The van der Waals surface area contributed by atoms with E-state index in [1.807, 2.05) is 43.3 Å². The van der Waals surface area contributed by atoms with E-state index in [0.717, 1.165) is 63.3 Å². The van der Waals surface area contributed by atoms with Crippen molar-refractivity contribution < 1.29 is 4.73 Å². The molecular weight excluding hydrogens is 438 g/mol. The first-order valence-corrected chi connectivity index (χ1v) is 11.8. The number of imidazole rings is 1. The maximum absolute atomic E-state index is 12.8. The molecule has 176 valence electrons. The predicted octanol–water partition coefficient (Wildman–Crippen LogP) is 4.73. The molecule has 8 nitrogen and oxygen atoms in total. The molecule has 0 amide bonds. The van der Waals surface area contributed by atoms with Crippen LogP contribution in [0.15, 0.2) is 73.1 Å². The zero-order valence-electron chi connectivity index (χ0n) is 19.8. The first kappa shape index (κ1) is 22.5. The Morgan fingerprint density at radius 3 is 2.54 bits per heavy atom. The van der Waals surface area contributed by atoms with Crippen LogP contribution in [0.25, 0.3) is 33.8 Å². The zero-order chi connectivity index (χ0) is 24.2. The molecule has 35 heavy (non-hydrogen) atoms. The lowest BCUT2D eigenvalue weighted by atomic mass is 9.92. The SMILES string of the molecule is CCCCc1nc(C)cn1Cc1ccc(-c2ccccc2-c2nnn[nH]2)c(-c2cccc[n+]2[O-])c1. The van der Waals surface area contributed by atoms with Gasteiger partial charge in [-0.3, -0.25) is 0 Å². The van der Waals surface area contributed by atoms with Crippen molar-refractivity contribution in [3.63, 3.8) is 0 Å². The van der Waals surface area contributed by atoms with Crippen LogP contribution in [0.2, 0.25) is 0 Å². The van der Waals surface area contributed by atoms with Crippen LogP contribution >= 0.6 is 0 Å². The van der Waals surface area contributed by atoms with Crippen molar-refractivity contribution in [1.29, 1.82) is 0 Å². The lowest BCUT2D eigenvalue weighted by Gasteiger charge is -2.15. The highest BCUT2D eigenvalue weighted by Crippen LogP contribution is 2.36. The molecule has 0 aliphatic rings. The maximum atomic E-state index is 12.8. The summed E-state index contributed by atoms with van der Waals surface area (Å²) < 4.78 is 3.13. The minimum Gasteiger partial charge on any atom is -0.618 e. The molecule has 2 aromatic carbocycles. The fraction of sp³-hybridized carbons (Fsp3) is 0.222. The van der Waals surface area contributed by atoms with Crippen molar-refractivity contribution in [2.75, 3.05) is 0 Å². The third kappa shape index (κ3) is 4.68. The van der Waals surface area contributed by atoms with Crippen LogP contribution in [0, 0.1) is 12.1 Å². The molecule has 0 atom stereocenters. The topological polar surface area (TPSA) is 99.2 Å². The lowest BCUT2D eigenvalue weighted by Crippen LogP contribution is -2.28. The van der Waals surface area contributed by atoms with Gasteiger partial charge in [-0.15, -0.1) is 5.10 Å². The molecule has 0 spiro atoms. The molecule has 5 aromatic rings. The summed E-state index contributed by atoms with van der Waals surface area (Å²) in [6.07, 6.45) is 6.81. The van der Waals surface area contributed by atoms with Gasteiger partial charge in [0, 0.05) is 36.9 Å². The van der Waals surface area contributed by atoms with Crippen LogP contribution in [0.3, 0.4) is 0 Å². The highest BCUT2D eigenvalue weighted by Gasteiger charge is 2.19. The largest absolute Gasteiger partial charge is 0.618 e. The average Bonchev–Trinajstić information content (AvgIpc) is 3.53. The Morgan fingerprint density at radius 1 is 0.971 bits per heavy atom. The third-order valence-electron chi connectivity index (χ3n) is 6.09. The number of hydrogen-bond acceptors (Lipinski definition) is 5. The molecule has 0 saturated heterocycles. The minimum absolute atomic E-state index is 0.577. The highest BCUT2D eigenvalue weighted by atomic mass is 16.5. The number of aromatic amines is 1. The lowest BCUT2D eigenvalue weighted by molar-refractivity contribution is -0.593. The van der Waals surface area contributed by atoms with Gasteiger partial charge in [0.15, 0.2) is 12.0 Å². The summed E-state index contributed by atoms with van der Waals surface area (Å²) in [5, 5.41) is 27.3. The van der Waals surface area contributed by atoms with E-state index in [1.165, 1.54) is 6.20 Å². The molecule has 0 fully saturated rings. The Bertz CT molecular complexity index is 1440. The second kappa shape index (κ2) is 9.89. The molecule has 0 aliphatic heterocycles. The minimum atomic E-state index is 0.577. The van der Waals surface area contributed by atoms with Gasteiger partial charge >= 0.3 is 0 Å². The summed E-state index contributed by atoms with van der Waals surface area (Å²) >= 11 is 0. The number of benzene rings is 2. The summed E-state index contributed by atoms with van der Waals surface area (Å²) in [6, 6.07) is 19.7. The number of nitrogens with one attached hydrogen (secondary N) is 1. The van der Waals surface area contributed by atoms with E-state index in [1.54, 1.807) is 6.07 Å². The smallest absolute Gasteiger partial charge is 0.224 e. The van der Waals surface area contributed by atoms with Gasteiger partial charge in [-0.25, -0.2) is 10.1 Å². The van der Waals surface area contributed by atoms with Crippen molar-refractivity contribution in [2.45, 2.75) is 39.7 Å². The monoisotopic (exact) mass is 465 g/mol. The van der Waals surface area contributed by atoms with Gasteiger partial charge in [-0.1, -0.05) is 49.7 Å². The molecular formula is C27H27N7O. The predicted molar refractivity (Wildman–Crippen MR) is 134 cm³/mol. The Hall–Kier alpha value is -4.33. The average molecular weight is 466 g/mol. The van der Waals surface area contributed by atoms with Crippen LogP contribution in [0.4, 0.5) is 0 Å². The van der Waals surface area contributed by atoms with Crippen LogP contribution in [-0.2, 0) is 13.0 Å². The number of nitrogens with zero attached hydrogens (tertiary/aromatic N) is 6. The van der Waals surface area contributed by atoms with E-state index >= 15 is 0 Å². The van der Waals surface area contributed by atoms with Gasteiger partial charge in [0.05, 0.1) is 11.3 Å². The van der Waals surface area contributed by atoms with E-state index < -0.39 is 0 Å². The van der Waals surface area contributed by atoms with Crippen molar-refractivity contribution >= 4 is 0 Å². The number of H-pyrrole nitrogens is 1. The summed E-state index contributed by atoms with van der Waals surface area (Å²) in [5.74, 6) is 1.67. The number of hydrogen-bond donors (Lipinski definition) is 1. The fourth-order valence-corrected chi connectivity index (χ4v) is 4.44. The Balaban J connectivity index is 1.63. The van der Waals surface area contributed by atoms with E-state index in [9.17, 15) is 5.21 Å². The molecule has 0 radical (unpaired) electrons. The quantitative estimate of drug-likeness (QED) is 0.264. The molecule has 5 rings (SSSR count). The summed E-state index contributed by atoms with van der Waals surface area (Å²) in [7, 11) is 0. The molecule has 3 heterocycles. The van der Waals surface area contributed by atoms with Crippen LogP contribution < -0.4 is 4.73 Å². The number of aromatic nitrogens is 7. The molecule has 0 saturated carbocycles. The van der Waals surface area contributed by atoms with Gasteiger partial charge in [-0.05, 0) is 52.6 Å². The van der Waals surface area contributed by atoms with E-state index in [2.05, 4.69) is 56.5 Å². The van der Waals surface area contributed by atoms with Crippen molar-refractivity contribution in [3.05, 3.63) is 95.3 Å². The van der Waals surface area contributed by atoms with E-state index in [4.69, 9.17) is 4.98 Å².